The fourth-order valence-electron chi connectivity index (χ4n) is 3.86. The number of benzene rings is 1. The molecule has 1 aromatic heterocycles. The smallest absolute Gasteiger partial charge is 0.351 e. The average molecular weight is 386 g/mol. The molecule has 0 unspecified atom stereocenters. The lowest BCUT2D eigenvalue weighted by molar-refractivity contribution is -0.159. The summed E-state index contributed by atoms with van der Waals surface area (Å²) >= 11 is 0. The Morgan fingerprint density at radius 1 is 1.21 bits per heavy atom. The molecule has 3 atom stereocenters. The molecule has 0 bridgehead atoms. The van der Waals surface area contributed by atoms with Gasteiger partial charge < -0.3 is 13.9 Å². The second kappa shape index (κ2) is 8.59. The second-order valence-corrected chi connectivity index (χ2v) is 7.92. The van der Waals surface area contributed by atoms with Crippen molar-refractivity contribution in [2.24, 2.45) is 17.8 Å². The van der Waals surface area contributed by atoms with Crippen molar-refractivity contribution >= 4 is 22.9 Å². The molecule has 6 heteroatoms. The molecule has 28 heavy (non-hydrogen) atoms. The molecule has 0 N–H and O–H groups in total. The maximum Gasteiger partial charge on any atom is 0.351 e. The number of carbonyl (C=O) groups excluding carboxylic acids is 2. The Hall–Kier alpha value is -2.63. The number of rotatable bonds is 5. The predicted molar refractivity (Wildman–Crippen MR) is 104 cm³/mol. The first-order chi connectivity index (χ1) is 13.3. The molecule has 0 amide bonds. The molecule has 150 valence electrons. The van der Waals surface area contributed by atoms with Crippen molar-refractivity contribution in [2.45, 2.75) is 46.1 Å². The molecule has 1 aliphatic carbocycles. The minimum Gasteiger partial charge on any atom is -0.460 e. The number of esters is 2. The van der Waals surface area contributed by atoms with Gasteiger partial charge in [-0.3, -0.25) is 0 Å². The molecule has 1 aliphatic rings. The molecule has 0 aliphatic heterocycles. The van der Waals surface area contributed by atoms with Crippen molar-refractivity contribution in [3.63, 3.8) is 0 Å². The summed E-state index contributed by atoms with van der Waals surface area (Å²) in [5.74, 6) is -0.270. The number of ether oxygens (including phenoxy) is 2. The fraction of sp³-hybridized carbons (Fsp3) is 0.500. The molecular formula is C22H26O6. The van der Waals surface area contributed by atoms with E-state index in [4.69, 9.17) is 13.9 Å². The minimum atomic E-state index is -0.895. The third-order valence-electron chi connectivity index (χ3n) is 5.43. The third-order valence-corrected chi connectivity index (χ3v) is 5.43. The number of fused-ring (bicyclic) bond motifs is 1. The SMILES string of the molecule is CC(C)[C@H]1CC[C@H](C)C[C@H]1OC(=O)COC(=O)c1cc2ccccc2oc1=O. The normalized spacial score (nSPS) is 22.2. The fourth-order valence-corrected chi connectivity index (χ4v) is 3.86. The Balaban J connectivity index is 1.62. The van der Waals surface area contributed by atoms with Crippen LogP contribution in [0.15, 0.2) is 39.5 Å². The van der Waals surface area contributed by atoms with Gasteiger partial charge in [0.15, 0.2) is 6.61 Å². The number of hydrogen-bond donors (Lipinski definition) is 0. The maximum absolute atomic E-state index is 12.2. The van der Waals surface area contributed by atoms with E-state index in [1.165, 1.54) is 6.07 Å². The van der Waals surface area contributed by atoms with E-state index in [1.54, 1.807) is 24.3 Å². The van der Waals surface area contributed by atoms with Gasteiger partial charge in [0.1, 0.15) is 17.3 Å². The van der Waals surface area contributed by atoms with Crippen molar-refractivity contribution in [3.8, 4) is 0 Å². The van der Waals surface area contributed by atoms with Gasteiger partial charge in [-0.05, 0) is 42.7 Å². The third kappa shape index (κ3) is 4.61. The summed E-state index contributed by atoms with van der Waals surface area (Å²) in [7, 11) is 0. The highest BCUT2D eigenvalue weighted by atomic mass is 16.6. The van der Waals surface area contributed by atoms with Crippen molar-refractivity contribution in [1.29, 1.82) is 0 Å². The summed E-state index contributed by atoms with van der Waals surface area (Å²) in [5, 5.41) is 0.604. The molecule has 0 radical (unpaired) electrons. The van der Waals surface area contributed by atoms with Crippen molar-refractivity contribution in [3.05, 3.63) is 46.3 Å². The first kappa shape index (κ1) is 20.1. The molecule has 6 nitrogen and oxygen atoms in total. The Morgan fingerprint density at radius 3 is 2.71 bits per heavy atom. The van der Waals surface area contributed by atoms with Crippen LogP contribution in [-0.2, 0) is 14.3 Å². The van der Waals surface area contributed by atoms with E-state index < -0.39 is 24.2 Å². The van der Waals surface area contributed by atoms with E-state index in [1.807, 2.05) is 0 Å². The van der Waals surface area contributed by atoms with Gasteiger partial charge in [-0.2, -0.15) is 0 Å². The van der Waals surface area contributed by atoms with E-state index in [0.717, 1.165) is 19.3 Å². The van der Waals surface area contributed by atoms with Gasteiger partial charge in [0.25, 0.3) is 0 Å². The molecular weight excluding hydrogens is 360 g/mol. The van der Waals surface area contributed by atoms with Crippen LogP contribution < -0.4 is 5.63 Å². The summed E-state index contributed by atoms with van der Waals surface area (Å²) in [5.41, 5.74) is -0.648. The van der Waals surface area contributed by atoms with Crippen LogP contribution in [0.1, 0.15) is 50.4 Å². The number of hydrogen-bond acceptors (Lipinski definition) is 6. The lowest BCUT2D eigenvalue weighted by Gasteiger charge is -2.36. The summed E-state index contributed by atoms with van der Waals surface area (Å²) < 4.78 is 15.7. The zero-order valence-corrected chi connectivity index (χ0v) is 16.5. The van der Waals surface area contributed by atoms with E-state index >= 15 is 0 Å². The minimum absolute atomic E-state index is 0.166. The zero-order valence-electron chi connectivity index (χ0n) is 16.5. The van der Waals surface area contributed by atoms with Crippen LogP contribution in [0.2, 0.25) is 0 Å². The average Bonchev–Trinajstić information content (AvgIpc) is 2.65. The highest BCUT2D eigenvalue weighted by Crippen LogP contribution is 2.35. The Labute approximate surface area is 163 Å². The second-order valence-electron chi connectivity index (χ2n) is 7.92. The van der Waals surface area contributed by atoms with Gasteiger partial charge in [-0.1, -0.05) is 45.4 Å². The van der Waals surface area contributed by atoms with Crippen LogP contribution in [0.3, 0.4) is 0 Å². The quantitative estimate of drug-likeness (QED) is 0.571. The van der Waals surface area contributed by atoms with E-state index in [0.29, 0.717) is 28.7 Å². The highest BCUT2D eigenvalue weighted by Gasteiger charge is 2.33. The Bertz CT molecular complexity index is 913. The summed E-state index contributed by atoms with van der Waals surface area (Å²) in [4.78, 5) is 36.5. The number of para-hydroxylation sites is 1. The van der Waals surface area contributed by atoms with Crippen LogP contribution >= 0.6 is 0 Å². The standard InChI is InChI=1S/C22H26O6/c1-13(2)16-9-8-14(3)10-19(16)27-20(23)12-26-21(24)17-11-15-6-4-5-7-18(15)28-22(17)25/h4-7,11,13-14,16,19H,8-10,12H2,1-3H3/t14-,16+,19+/m0/s1. The van der Waals surface area contributed by atoms with Crippen molar-refractivity contribution < 1.29 is 23.5 Å². The monoisotopic (exact) mass is 386 g/mol. The molecule has 2 aromatic rings. The van der Waals surface area contributed by atoms with E-state index in [9.17, 15) is 14.4 Å². The van der Waals surface area contributed by atoms with Gasteiger partial charge in [0.2, 0.25) is 0 Å². The molecule has 1 fully saturated rings. The Morgan fingerprint density at radius 2 is 1.96 bits per heavy atom. The summed E-state index contributed by atoms with van der Waals surface area (Å²) in [6.45, 7) is 5.87. The van der Waals surface area contributed by atoms with Crippen LogP contribution in [0.5, 0.6) is 0 Å². The molecule has 0 spiro atoms. The summed E-state index contributed by atoms with van der Waals surface area (Å²) in [6, 6.07) is 8.27. The molecule has 3 rings (SSSR count). The predicted octanol–water partition coefficient (Wildman–Crippen LogP) is 3.95. The maximum atomic E-state index is 12.2. The van der Waals surface area contributed by atoms with E-state index in [-0.39, 0.29) is 11.7 Å². The van der Waals surface area contributed by atoms with Gasteiger partial charge in [0.05, 0.1) is 0 Å². The lowest BCUT2D eigenvalue weighted by atomic mass is 9.75. The molecule has 1 heterocycles. The Kier molecular flexibility index (Phi) is 6.17. The zero-order chi connectivity index (χ0) is 20.3. The van der Waals surface area contributed by atoms with Crippen molar-refractivity contribution in [1.82, 2.24) is 0 Å². The highest BCUT2D eigenvalue weighted by molar-refractivity contribution is 5.93. The van der Waals surface area contributed by atoms with Crippen molar-refractivity contribution in [2.75, 3.05) is 6.61 Å². The molecule has 1 saturated carbocycles. The first-order valence-corrected chi connectivity index (χ1v) is 9.74. The largest absolute Gasteiger partial charge is 0.460 e. The molecule has 1 aromatic carbocycles. The molecule has 0 saturated heterocycles. The number of carbonyl (C=O) groups is 2. The first-order valence-electron chi connectivity index (χ1n) is 9.74. The van der Waals surface area contributed by atoms with E-state index in [2.05, 4.69) is 20.8 Å². The van der Waals surface area contributed by atoms with Gasteiger partial charge in [0, 0.05) is 5.39 Å². The van der Waals surface area contributed by atoms with Crippen LogP contribution in [-0.4, -0.2) is 24.6 Å². The lowest BCUT2D eigenvalue weighted by Crippen LogP contribution is -2.37. The van der Waals surface area contributed by atoms with Gasteiger partial charge >= 0.3 is 17.6 Å². The van der Waals surface area contributed by atoms with Gasteiger partial charge in [-0.25, -0.2) is 14.4 Å². The van der Waals surface area contributed by atoms with Crippen LogP contribution in [0, 0.1) is 17.8 Å². The topological polar surface area (TPSA) is 82.8 Å². The van der Waals surface area contributed by atoms with Gasteiger partial charge in [-0.15, -0.1) is 0 Å². The summed E-state index contributed by atoms with van der Waals surface area (Å²) in [6.07, 6.45) is 2.80. The van der Waals surface area contributed by atoms with Crippen LogP contribution in [0.25, 0.3) is 11.0 Å². The van der Waals surface area contributed by atoms with Crippen LogP contribution in [0.4, 0.5) is 0 Å².